The normalized spacial score (nSPS) is 34.6. The second-order valence-electron chi connectivity index (χ2n) is 10.6. The summed E-state index contributed by atoms with van der Waals surface area (Å²) in [6.45, 7) is 4.76. The van der Waals surface area contributed by atoms with Gasteiger partial charge in [0.25, 0.3) is 0 Å². The maximum atomic E-state index is 12.7. The number of ether oxygens (including phenoxy) is 1. The molecule has 0 bridgehead atoms. The first kappa shape index (κ1) is 23.4. The van der Waals surface area contributed by atoms with Gasteiger partial charge in [0.2, 0.25) is 0 Å². The molecule has 0 aromatic heterocycles. The van der Waals surface area contributed by atoms with Gasteiger partial charge in [0, 0.05) is 4.28 Å². The van der Waals surface area contributed by atoms with Crippen molar-refractivity contribution >= 4 is 5.97 Å². The van der Waals surface area contributed by atoms with Gasteiger partial charge < -0.3 is 4.74 Å². The van der Waals surface area contributed by atoms with Crippen LogP contribution in [0.3, 0.4) is 0 Å². The van der Waals surface area contributed by atoms with Crippen molar-refractivity contribution in [2.75, 3.05) is 0 Å². The average Bonchev–Trinajstić information content (AvgIpc) is 2.76. The molecule has 1 aromatic rings. The first-order valence-electron chi connectivity index (χ1n) is 12.4. The molecule has 2 heteroatoms. The van der Waals surface area contributed by atoms with Crippen molar-refractivity contribution in [3.05, 3.63) is 29.8 Å². The van der Waals surface area contributed by atoms with Crippen LogP contribution in [0.25, 0.3) is 0 Å². The van der Waals surface area contributed by atoms with E-state index in [1.54, 1.807) is 0 Å². The van der Waals surface area contributed by atoms with E-state index < -0.39 is 0 Å². The average molecular weight is 419 g/mol. The maximum Gasteiger partial charge on any atom is 0.314 e. The van der Waals surface area contributed by atoms with Crippen LogP contribution in [0, 0.1) is 29.6 Å². The Kier molecular flexibility index (Phi) is 8.43. The van der Waals surface area contributed by atoms with Crippen molar-refractivity contribution in [2.45, 2.75) is 104 Å². The van der Waals surface area contributed by atoms with Crippen LogP contribution in [0.2, 0.25) is 0 Å². The Bertz CT molecular complexity index is 654. The molecular formula is C28H50O2. The Morgan fingerprint density at radius 2 is 1.20 bits per heavy atom. The highest BCUT2D eigenvalue weighted by molar-refractivity contribution is 5.75. The van der Waals surface area contributed by atoms with Gasteiger partial charge in [-0.15, -0.1) is 0 Å². The van der Waals surface area contributed by atoms with E-state index >= 15 is 0 Å². The molecule has 0 spiro atoms. The van der Waals surface area contributed by atoms with Crippen LogP contribution in [-0.4, -0.2) is 5.97 Å². The van der Waals surface area contributed by atoms with Gasteiger partial charge in [-0.2, -0.15) is 0 Å². The largest absolute Gasteiger partial charge is 0.426 e. The molecule has 3 saturated carbocycles. The number of esters is 1. The first-order chi connectivity index (χ1) is 14.1. The molecule has 3 aliphatic rings. The summed E-state index contributed by atoms with van der Waals surface area (Å²) in [5.74, 6) is 5.09. The van der Waals surface area contributed by atoms with E-state index in [-0.39, 0.29) is 23.6 Å². The summed E-state index contributed by atoms with van der Waals surface area (Å²) in [6.07, 6.45) is 15.4. The highest BCUT2D eigenvalue weighted by atomic mass is 16.5. The highest BCUT2D eigenvalue weighted by Crippen LogP contribution is 2.41. The van der Waals surface area contributed by atoms with Crippen molar-refractivity contribution < 1.29 is 13.8 Å². The zero-order valence-electron chi connectivity index (χ0n) is 18.6. The van der Waals surface area contributed by atoms with E-state index in [4.69, 9.17) is 4.74 Å². The van der Waals surface area contributed by atoms with E-state index in [9.17, 15) is 4.79 Å². The fourth-order valence-electron chi connectivity index (χ4n) is 6.18. The predicted octanol–water partition coefficient (Wildman–Crippen LogP) is 8.89. The quantitative estimate of drug-likeness (QED) is 0.360. The van der Waals surface area contributed by atoms with Crippen molar-refractivity contribution in [1.82, 2.24) is 0 Å². The van der Waals surface area contributed by atoms with Gasteiger partial charge in [-0.05, 0) is 98.7 Å². The summed E-state index contributed by atoms with van der Waals surface area (Å²) < 4.78 is 5.77. The Labute approximate surface area is 189 Å². The minimum absolute atomic E-state index is 0. The number of rotatable bonds is 4. The van der Waals surface area contributed by atoms with Crippen LogP contribution in [0.4, 0.5) is 0 Å². The standard InChI is InChI=1S/C27H40O2.CH4.3H2/c1-19-3-7-21(8-4-19)23-11-13-25(14-12-23)27(28)29-26-17-15-24(16-18-26)22-9-5-20(2)6-10-22;;;;/h15-23,25H,3-14H2,1-2H3;1H4;3*1H. The van der Waals surface area contributed by atoms with E-state index in [0.717, 1.165) is 42.3 Å². The van der Waals surface area contributed by atoms with Crippen molar-refractivity contribution in [2.24, 2.45) is 29.6 Å². The van der Waals surface area contributed by atoms with Crippen molar-refractivity contribution in [3.63, 3.8) is 0 Å². The van der Waals surface area contributed by atoms with Gasteiger partial charge in [-0.3, -0.25) is 4.79 Å². The fourth-order valence-corrected chi connectivity index (χ4v) is 6.18. The van der Waals surface area contributed by atoms with E-state index in [0.29, 0.717) is 5.92 Å². The van der Waals surface area contributed by atoms with Crippen molar-refractivity contribution in [1.29, 1.82) is 0 Å². The number of carbonyl (C=O) groups excluding carboxylic acids is 1. The van der Waals surface area contributed by atoms with Crippen LogP contribution in [0.1, 0.15) is 114 Å². The predicted molar refractivity (Wildman–Crippen MR) is 132 cm³/mol. The minimum atomic E-state index is -0.0000393. The Morgan fingerprint density at radius 1 is 0.733 bits per heavy atom. The Morgan fingerprint density at radius 3 is 1.73 bits per heavy atom. The first-order valence-corrected chi connectivity index (χ1v) is 12.4. The highest BCUT2D eigenvalue weighted by Gasteiger charge is 2.33. The lowest BCUT2D eigenvalue weighted by atomic mass is 9.69. The lowest BCUT2D eigenvalue weighted by Gasteiger charge is -2.36. The molecule has 4 rings (SSSR count). The SMILES string of the molecule is C.CC1CCC(c2ccc(OC(=O)C3CCC(C4CCC(C)CC4)CC3)cc2)CC1.[HH].[HH].[HH]. The summed E-state index contributed by atoms with van der Waals surface area (Å²) >= 11 is 0. The van der Waals surface area contributed by atoms with Gasteiger partial charge in [0.1, 0.15) is 5.75 Å². The molecule has 0 radical (unpaired) electrons. The Balaban J connectivity index is 0.00000256. The molecule has 3 fully saturated rings. The molecule has 30 heavy (non-hydrogen) atoms. The third kappa shape index (κ3) is 5.89. The monoisotopic (exact) mass is 418 g/mol. The molecule has 0 atom stereocenters. The lowest BCUT2D eigenvalue weighted by Crippen LogP contribution is -2.29. The molecule has 174 valence electrons. The summed E-state index contributed by atoms with van der Waals surface area (Å²) in [5, 5.41) is 0. The number of carbonyl (C=O) groups is 1. The smallest absolute Gasteiger partial charge is 0.314 e. The fraction of sp³-hybridized carbons (Fsp3) is 0.750. The third-order valence-electron chi connectivity index (χ3n) is 8.42. The second kappa shape index (κ2) is 10.8. The molecule has 3 aliphatic carbocycles. The van der Waals surface area contributed by atoms with Gasteiger partial charge in [0.15, 0.2) is 0 Å². The van der Waals surface area contributed by atoms with E-state index in [1.165, 1.54) is 69.8 Å². The molecule has 0 unspecified atom stereocenters. The van der Waals surface area contributed by atoms with Crippen molar-refractivity contribution in [3.8, 4) is 5.75 Å². The molecule has 1 aromatic carbocycles. The van der Waals surface area contributed by atoms with Gasteiger partial charge in [-0.1, -0.05) is 59.1 Å². The summed E-state index contributed by atoms with van der Waals surface area (Å²) in [7, 11) is 0. The van der Waals surface area contributed by atoms with Crippen LogP contribution in [-0.2, 0) is 4.79 Å². The van der Waals surface area contributed by atoms with E-state index in [1.807, 2.05) is 12.1 Å². The zero-order valence-corrected chi connectivity index (χ0v) is 18.6. The van der Waals surface area contributed by atoms with E-state index in [2.05, 4.69) is 26.0 Å². The summed E-state index contributed by atoms with van der Waals surface area (Å²) in [6, 6.07) is 8.40. The van der Waals surface area contributed by atoms with Gasteiger partial charge in [0.05, 0.1) is 5.92 Å². The maximum absolute atomic E-state index is 12.7. The second-order valence-corrected chi connectivity index (χ2v) is 10.6. The Hall–Kier alpha value is -1.31. The van der Waals surface area contributed by atoms with Gasteiger partial charge in [-0.25, -0.2) is 0 Å². The summed E-state index contributed by atoms with van der Waals surface area (Å²) in [5.41, 5.74) is 1.42. The third-order valence-corrected chi connectivity index (χ3v) is 8.42. The molecule has 2 nitrogen and oxygen atoms in total. The van der Waals surface area contributed by atoms with Crippen LogP contribution in [0.5, 0.6) is 5.75 Å². The number of hydrogen-bond donors (Lipinski definition) is 0. The van der Waals surface area contributed by atoms with Crippen LogP contribution in [0.15, 0.2) is 24.3 Å². The van der Waals surface area contributed by atoms with Gasteiger partial charge >= 0.3 is 5.97 Å². The van der Waals surface area contributed by atoms with Crippen LogP contribution >= 0.6 is 0 Å². The lowest BCUT2D eigenvalue weighted by molar-refractivity contribution is -0.140. The topological polar surface area (TPSA) is 26.3 Å². The molecule has 0 saturated heterocycles. The summed E-state index contributed by atoms with van der Waals surface area (Å²) in [4.78, 5) is 12.7. The molecule has 0 amide bonds. The molecule has 0 heterocycles. The molecule has 0 N–H and O–H groups in total. The number of hydrogen-bond acceptors (Lipinski definition) is 2. The zero-order chi connectivity index (χ0) is 20.2. The minimum Gasteiger partial charge on any atom is -0.426 e. The molecule has 0 aliphatic heterocycles. The van der Waals surface area contributed by atoms with Crippen LogP contribution < -0.4 is 4.74 Å². The number of benzene rings is 1. The molecular weight excluding hydrogens is 368 g/mol.